The summed E-state index contributed by atoms with van der Waals surface area (Å²) in [5.41, 5.74) is 1.29. The van der Waals surface area contributed by atoms with Crippen LogP contribution in [-0.4, -0.2) is 5.11 Å². The van der Waals surface area contributed by atoms with Crippen LogP contribution in [-0.2, 0) is 6.42 Å². The van der Waals surface area contributed by atoms with E-state index in [0.717, 1.165) is 6.42 Å². The van der Waals surface area contributed by atoms with Crippen molar-refractivity contribution in [1.82, 2.24) is 0 Å². The zero-order valence-corrected chi connectivity index (χ0v) is 11.0. The highest BCUT2D eigenvalue weighted by molar-refractivity contribution is 5.26. The average Bonchev–Trinajstić information content (AvgIpc) is 2.32. The predicted molar refractivity (Wildman–Crippen MR) is 74.3 cm³/mol. The molecule has 1 rings (SSSR count). The van der Waals surface area contributed by atoms with Gasteiger partial charge in [0.25, 0.3) is 0 Å². The van der Waals surface area contributed by atoms with Crippen LogP contribution in [0.1, 0.15) is 45.1 Å². The lowest BCUT2D eigenvalue weighted by atomic mass is 10.00. The number of unbranched alkanes of at least 4 members (excludes halogenated alkanes) is 3. The Kier molecular flexibility index (Phi) is 6.46. The lowest BCUT2D eigenvalue weighted by Gasteiger charge is -2.06. The first-order valence-electron chi connectivity index (χ1n) is 6.67. The Balaban J connectivity index is 2.28. The van der Waals surface area contributed by atoms with Gasteiger partial charge in [0.05, 0.1) is 0 Å². The highest BCUT2D eigenvalue weighted by Crippen LogP contribution is 2.14. The summed E-state index contributed by atoms with van der Waals surface area (Å²) in [7, 11) is 0. The predicted octanol–water partition coefficient (Wildman–Crippen LogP) is 4.71. The number of phenolic OH excluding ortho intramolecular Hbond substituents is 1. The van der Waals surface area contributed by atoms with Crippen molar-refractivity contribution in [2.45, 2.75) is 46.0 Å². The molecule has 1 unspecified atom stereocenters. The number of hydrogen-bond donors (Lipinski definition) is 1. The van der Waals surface area contributed by atoms with Crippen LogP contribution in [0.15, 0.2) is 36.4 Å². The minimum absolute atomic E-state index is 0.344. The van der Waals surface area contributed by atoms with Gasteiger partial charge in [-0.2, -0.15) is 0 Å². The van der Waals surface area contributed by atoms with Crippen molar-refractivity contribution in [2.24, 2.45) is 5.92 Å². The number of phenols is 1. The van der Waals surface area contributed by atoms with E-state index in [-0.39, 0.29) is 0 Å². The fourth-order valence-electron chi connectivity index (χ4n) is 1.91. The van der Waals surface area contributed by atoms with Crippen molar-refractivity contribution in [3.63, 3.8) is 0 Å². The largest absolute Gasteiger partial charge is 0.508 e. The van der Waals surface area contributed by atoms with Crippen LogP contribution in [0, 0.1) is 5.92 Å². The molecule has 1 heteroatoms. The molecule has 0 spiro atoms. The van der Waals surface area contributed by atoms with Crippen molar-refractivity contribution in [3.8, 4) is 5.75 Å². The average molecular weight is 232 g/mol. The van der Waals surface area contributed by atoms with Gasteiger partial charge >= 0.3 is 0 Å². The Hall–Kier alpha value is -1.24. The summed E-state index contributed by atoms with van der Waals surface area (Å²) < 4.78 is 0. The van der Waals surface area contributed by atoms with E-state index >= 15 is 0 Å². The number of aromatic hydroxyl groups is 1. The molecule has 1 aromatic rings. The SMILES string of the molecule is CCCCC/C=C/C(C)Cc1ccc(O)cc1. The van der Waals surface area contributed by atoms with Gasteiger partial charge in [-0.05, 0) is 42.9 Å². The molecule has 1 N–H and O–H groups in total. The summed E-state index contributed by atoms with van der Waals surface area (Å²) >= 11 is 0. The molecule has 1 atom stereocenters. The van der Waals surface area contributed by atoms with Gasteiger partial charge in [-0.3, -0.25) is 0 Å². The summed E-state index contributed by atoms with van der Waals surface area (Å²) in [5.74, 6) is 0.915. The smallest absolute Gasteiger partial charge is 0.115 e. The Morgan fingerprint density at radius 3 is 2.53 bits per heavy atom. The molecule has 0 aliphatic carbocycles. The first kappa shape index (κ1) is 13.8. The highest BCUT2D eigenvalue weighted by atomic mass is 16.3. The second-order valence-corrected chi connectivity index (χ2v) is 4.77. The summed E-state index contributed by atoms with van der Waals surface area (Å²) in [6, 6.07) is 7.51. The summed E-state index contributed by atoms with van der Waals surface area (Å²) in [6.07, 6.45) is 10.8. The second kappa shape index (κ2) is 7.94. The highest BCUT2D eigenvalue weighted by Gasteiger charge is 1.99. The van der Waals surface area contributed by atoms with E-state index in [9.17, 15) is 5.11 Å². The van der Waals surface area contributed by atoms with Crippen LogP contribution >= 0.6 is 0 Å². The third kappa shape index (κ3) is 6.15. The molecule has 0 radical (unpaired) electrons. The van der Waals surface area contributed by atoms with Gasteiger partial charge in [-0.15, -0.1) is 0 Å². The Morgan fingerprint density at radius 1 is 1.18 bits per heavy atom. The fourth-order valence-corrected chi connectivity index (χ4v) is 1.91. The maximum Gasteiger partial charge on any atom is 0.115 e. The van der Waals surface area contributed by atoms with Gasteiger partial charge in [0.15, 0.2) is 0 Å². The van der Waals surface area contributed by atoms with Crippen LogP contribution in [0.2, 0.25) is 0 Å². The lowest BCUT2D eigenvalue weighted by molar-refractivity contribution is 0.475. The molecule has 0 aliphatic heterocycles. The molecular weight excluding hydrogens is 208 g/mol. The number of allylic oxidation sites excluding steroid dienone is 2. The van der Waals surface area contributed by atoms with Crippen LogP contribution in [0.4, 0.5) is 0 Å². The van der Waals surface area contributed by atoms with Gasteiger partial charge in [-0.25, -0.2) is 0 Å². The third-order valence-corrected chi connectivity index (χ3v) is 2.93. The van der Waals surface area contributed by atoms with Crippen molar-refractivity contribution >= 4 is 0 Å². The molecule has 1 nitrogen and oxygen atoms in total. The topological polar surface area (TPSA) is 20.2 Å². The van der Waals surface area contributed by atoms with Crippen LogP contribution in [0.25, 0.3) is 0 Å². The number of rotatable bonds is 7. The summed E-state index contributed by atoms with van der Waals surface area (Å²) in [6.45, 7) is 4.47. The van der Waals surface area contributed by atoms with Crippen molar-refractivity contribution in [1.29, 1.82) is 0 Å². The fraction of sp³-hybridized carbons (Fsp3) is 0.500. The second-order valence-electron chi connectivity index (χ2n) is 4.77. The van der Waals surface area contributed by atoms with Crippen molar-refractivity contribution in [3.05, 3.63) is 42.0 Å². The maximum absolute atomic E-state index is 9.20. The zero-order valence-electron chi connectivity index (χ0n) is 11.0. The standard InChI is InChI=1S/C16H24O/c1-3-4-5-6-7-8-14(2)13-15-9-11-16(17)12-10-15/h7-12,14,17H,3-6,13H2,1-2H3/b8-7+. The Morgan fingerprint density at radius 2 is 1.88 bits per heavy atom. The minimum atomic E-state index is 0.344. The van der Waals surface area contributed by atoms with Gasteiger partial charge in [0.1, 0.15) is 5.75 Å². The van der Waals surface area contributed by atoms with E-state index in [1.165, 1.54) is 31.2 Å². The number of benzene rings is 1. The van der Waals surface area contributed by atoms with Crippen molar-refractivity contribution in [2.75, 3.05) is 0 Å². The minimum Gasteiger partial charge on any atom is -0.508 e. The molecule has 17 heavy (non-hydrogen) atoms. The molecule has 1 aromatic carbocycles. The first-order valence-corrected chi connectivity index (χ1v) is 6.67. The maximum atomic E-state index is 9.20. The van der Waals surface area contributed by atoms with Gasteiger partial charge in [0.2, 0.25) is 0 Å². The first-order chi connectivity index (χ1) is 8.22. The monoisotopic (exact) mass is 232 g/mol. The summed E-state index contributed by atoms with van der Waals surface area (Å²) in [5, 5.41) is 9.20. The van der Waals surface area contributed by atoms with Gasteiger partial charge in [-0.1, -0.05) is 51.0 Å². The Bertz CT molecular complexity index is 324. The molecule has 0 bridgehead atoms. The van der Waals surface area contributed by atoms with Crippen LogP contribution < -0.4 is 0 Å². The van der Waals surface area contributed by atoms with E-state index in [2.05, 4.69) is 26.0 Å². The van der Waals surface area contributed by atoms with E-state index in [4.69, 9.17) is 0 Å². The van der Waals surface area contributed by atoms with E-state index in [1.54, 1.807) is 12.1 Å². The normalized spacial score (nSPS) is 13.1. The third-order valence-electron chi connectivity index (χ3n) is 2.93. The summed E-state index contributed by atoms with van der Waals surface area (Å²) in [4.78, 5) is 0. The molecular formula is C16H24O. The van der Waals surface area contributed by atoms with Crippen LogP contribution in [0.3, 0.4) is 0 Å². The van der Waals surface area contributed by atoms with Crippen LogP contribution in [0.5, 0.6) is 5.75 Å². The molecule has 0 amide bonds. The zero-order chi connectivity index (χ0) is 12.5. The molecule has 0 saturated carbocycles. The quantitative estimate of drug-likeness (QED) is 0.533. The molecule has 0 aliphatic rings. The van der Waals surface area contributed by atoms with Gasteiger partial charge in [0, 0.05) is 0 Å². The van der Waals surface area contributed by atoms with Crippen molar-refractivity contribution < 1.29 is 5.11 Å². The molecule has 0 aromatic heterocycles. The molecule has 0 saturated heterocycles. The molecule has 94 valence electrons. The van der Waals surface area contributed by atoms with Gasteiger partial charge < -0.3 is 5.11 Å². The van der Waals surface area contributed by atoms with E-state index < -0.39 is 0 Å². The van der Waals surface area contributed by atoms with E-state index in [0.29, 0.717) is 11.7 Å². The molecule has 0 fully saturated rings. The number of hydrogen-bond acceptors (Lipinski definition) is 1. The van der Waals surface area contributed by atoms with E-state index in [1.807, 2.05) is 12.1 Å². The lowest BCUT2D eigenvalue weighted by Crippen LogP contribution is -1.95. The molecule has 0 heterocycles. The Labute approximate surface area is 105 Å².